The standard InChI is InChI=1S/C24H18F5N3O4/c25-23(26,24(27,28)29)12-32-16(10-13-6-2-1-3-7-13)19(34)18(20(32)30)17(33)11-31-21(35)14-8-4-5-9-15(14)22(31)36/h1-9,16,30,34H,10-12H2/t16-/m0/s1. The van der Waals surface area contributed by atoms with E-state index in [1.165, 1.54) is 36.4 Å². The number of carbonyl (C=O) groups excluding carboxylic acids is 3. The smallest absolute Gasteiger partial charge is 0.455 e. The molecule has 0 fully saturated rings. The summed E-state index contributed by atoms with van der Waals surface area (Å²) in [4.78, 5) is 39.1. The van der Waals surface area contributed by atoms with Gasteiger partial charge in [0, 0.05) is 6.42 Å². The normalized spacial score (nSPS) is 18.4. The third kappa shape index (κ3) is 4.23. The van der Waals surface area contributed by atoms with Gasteiger partial charge in [0.2, 0.25) is 0 Å². The van der Waals surface area contributed by atoms with E-state index in [1.54, 1.807) is 18.2 Å². The molecule has 7 nitrogen and oxygen atoms in total. The molecule has 2 amide bonds. The van der Waals surface area contributed by atoms with Crippen molar-refractivity contribution in [3.63, 3.8) is 0 Å². The first-order valence-electron chi connectivity index (χ1n) is 10.6. The molecule has 2 aromatic rings. The maximum atomic E-state index is 14.0. The number of halogens is 5. The third-order valence-electron chi connectivity index (χ3n) is 5.99. The fourth-order valence-electron chi connectivity index (χ4n) is 4.15. The van der Waals surface area contributed by atoms with Crippen molar-refractivity contribution in [2.75, 3.05) is 13.1 Å². The largest absolute Gasteiger partial charge is 0.509 e. The van der Waals surface area contributed by atoms with E-state index >= 15 is 0 Å². The number of hydrogen-bond donors (Lipinski definition) is 2. The number of ketones is 1. The highest BCUT2D eigenvalue weighted by molar-refractivity contribution is 6.27. The van der Waals surface area contributed by atoms with E-state index in [0.29, 0.717) is 15.4 Å². The molecule has 0 spiro atoms. The lowest BCUT2D eigenvalue weighted by molar-refractivity contribution is -0.284. The molecule has 0 unspecified atom stereocenters. The van der Waals surface area contributed by atoms with E-state index in [0.717, 1.165) is 0 Å². The minimum absolute atomic E-state index is 0.0309. The van der Waals surface area contributed by atoms with Crippen molar-refractivity contribution in [3.8, 4) is 0 Å². The van der Waals surface area contributed by atoms with Crippen LogP contribution in [0.4, 0.5) is 22.0 Å². The number of aliphatic hydroxyl groups is 1. The lowest BCUT2D eigenvalue weighted by atomic mass is 10.0. The number of fused-ring (bicyclic) bond motifs is 1. The van der Waals surface area contributed by atoms with Gasteiger partial charge in [0.05, 0.1) is 30.3 Å². The van der Waals surface area contributed by atoms with Gasteiger partial charge >= 0.3 is 12.1 Å². The number of carbonyl (C=O) groups is 3. The summed E-state index contributed by atoms with van der Waals surface area (Å²) < 4.78 is 66.7. The molecule has 2 aromatic carbocycles. The van der Waals surface area contributed by atoms with Gasteiger partial charge in [-0.05, 0) is 17.7 Å². The van der Waals surface area contributed by atoms with Gasteiger partial charge in [0.15, 0.2) is 5.78 Å². The number of imide groups is 1. The number of nitrogens with one attached hydrogen (secondary N) is 1. The number of alkyl halides is 5. The summed E-state index contributed by atoms with van der Waals surface area (Å²) >= 11 is 0. The van der Waals surface area contributed by atoms with E-state index in [4.69, 9.17) is 5.41 Å². The average molecular weight is 507 g/mol. The molecular formula is C24H18F5N3O4. The molecule has 0 saturated heterocycles. The van der Waals surface area contributed by atoms with Crippen LogP contribution in [0.5, 0.6) is 0 Å². The van der Waals surface area contributed by atoms with E-state index < -0.39 is 66.0 Å². The van der Waals surface area contributed by atoms with Crippen LogP contribution >= 0.6 is 0 Å². The quantitative estimate of drug-likeness (QED) is 0.439. The number of amidine groups is 1. The van der Waals surface area contributed by atoms with Gasteiger partial charge in [-0.3, -0.25) is 24.7 Å². The molecule has 0 saturated carbocycles. The molecule has 0 aliphatic carbocycles. The van der Waals surface area contributed by atoms with Gasteiger partial charge in [0.1, 0.15) is 17.2 Å². The van der Waals surface area contributed by atoms with Crippen LogP contribution in [-0.4, -0.2) is 69.6 Å². The second kappa shape index (κ2) is 8.85. The first-order chi connectivity index (χ1) is 16.8. The van der Waals surface area contributed by atoms with E-state index in [1.807, 2.05) is 0 Å². The van der Waals surface area contributed by atoms with Crippen molar-refractivity contribution in [2.45, 2.75) is 24.6 Å². The topological polar surface area (TPSA) is 102 Å². The van der Waals surface area contributed by atoms with Crippen LogP contribution in [-0.2, 0) is 11.2 Å². The van der Waals surface area contributed by atoms with Gasteiger partial charge in [0.25, 0.3) is 11.8 Å². The number of rotatable bonds is 7. The highest BCUT2D eigenvalue weighted by Gasteiger charge is 2.60. The van der Waals surface area contributed by atoms with Crippen LogP contribution in [0.1, 0.15) is 26.3 Å². The molecule has 36 heavy (non-hydrogen) atoms. The first kappa shape index (κ1) is 25.0. The molecule has 4 rings (SSSR count). The Morgan fingerprint density at radius 2 is 1.44 bits per heavy atom. The lowest BCUT2D eigenvalue weighted by Crippen LogP contribution is -2.51. The molecule has 0 aromatic heterocycles. The van der Waals surface area contributed by atoms with Crippen LogP contribution in [0.25, 0.3) is 0 Å². The molecule has 188 valence electrons. The zero-order valence-electron chi connectivity index (χ0n) is 18.4. The molecular weight excluding hydrogens is 489 g/mol. The van der Waals surface area contributed by atoms with Gasteiger partial charge in [-0.25, -0.2) is 0 Å². The molecule has 12 heteroatoms. The van der Waals surface area contributed by atoms with Crippen LogP contribution in [0.3, 0.4) is 0 Å². The summed E-state index contributed by atoms with van der Waals surface area (Å²) in [5.74, 6) is -9.97. The number of aliphatic hydroxyl groups excluding tert-OH is 1. The van der Waals surface area contributed by atoms with Crippen molar-refractivity contribution in [1.82, 2.24) is 9.80 Å². The molecule has 2 heterocycles. The van der Waals surface area contributed by atoms with Gasteiger partial charge in [-0.15, -0.1) is 0 Å². The number of benzene rings is 2. The van der Waals surface area contributed by atoms with Crippen LogP contribution in [0.2, 0.25) is 0 Å². The second-order valence-electron chi connectivity index (χ2n) is 8.31. The SMILES string of the molecule is N=C1C(C(=O)CN2C(=O)c3ccccc3C2=O)=C(O)[C@H](Cc2ccccc2)N1CC(F)(F)C(F)(F)F. The fraction of sp³-hybridized carbons (Fsp3) is 0.250. The Morgan fingerprint density at radius 3 is 1.97 bits per heavy atom. The molecule has 0 bridgehead atoms. The van der Waals surface area contributed by atoms with E-state index in [-0.39, 0.29) is 17.5 Å². The van der Waals surface area contributed by atoms with Crippen molar-refractivity contribution in [2.24, 2.45) is 0 Å². The highest BCUT2D eigenvalue weighted by Crippen LogP contribution is 2.39. The minimum Gasteiger partial charge on any atom is -0.509 e. The van der Waals surface area contributed by atoms with Gasteiger partial charge in [-0.2, -0.15) is 22.0 Å². The molecule has 2 aliphatic rings. The molecule has 0 radical (unpaired) electrons. The zero-order chi connectivity index (χ0) is 26.4. The zero-order valence-corrected chi connectivity index (χ0v) is 18.4. The van der Waals surface area contributed by atoms with Crippen molar-refractivity contribution in [3.05, 3.63) is 82.6 Å². The molecule has 2 N–H and O–H groups in total. The third-order valence-corrected chi connectivity index (χ3v) is 5.99. The minimum atomic E-state index is -5.94. The predicted molar refractivity (Wildman–Crippen MR) is 116 cm³/mol. The van der Waals surface area contributed by atoms with Gasteiger partial charge < -0.3 is 10.0 Å². The Kier molecular flexibility index (Phi) is 6.15. The summed E-state index contributed by atoms with van der Waals surface area (Å²) in [7, 11) is 0. The average Bonchev–Trinajstić information content (AvgIpc) is 3.19. The number of amides is 2. The summed E-state index contributed by atoms with van der Waals surface area (Å²) in [6, 6.07) is 12.0. The number of hydrogen-bond acceptors (Lipinski definition) is 5. The van der Waals surface area contributed by atoms with Crippen LogP contribution < -0.4 is 0 Å². The van der Waals surface area contributed by atoms with Crippen molar-refractivity contribution < 1.29 is 41.4 Å². The Hall–Kier alpha value is -4.09. The summed E-state index contributed by atoms with van der Waals surface area (Å²) in [6.45, 7) is -2.95. The van der Waals surface area contributed by atoms with E-state index in [9.17, 15) is 41.4 Å². The van der Waals surface area contributed by atoms with Crippen LogP contribution in [0, 0.1) is 5.41 Å². The first-order valence-corrected chi connectivity index (χ1v) is 10.6. The fourth-order valence-corrected chi connectivity index (χ4v) is 4.15. The number of Topliss-reactive ketones (excluding diaryl/α,β-unsaturated/α-hetero) is 1. The summed E-state index contributed by atoms with van der Waals surface area (Å²) in [5.41, 5.74) is -0.325. The van der Waals surface area contributed by atoms with Crippen molar-refractivity contribution in [1.29, 1.82) is 5.41 Å². The highest BCUT2D eigenvalue weighted by atomic mass is 19.4. The summed E-state index contributed by atoms with van der Waals surface area (Å²) in [5, 5.41) is 19.0. The number of nitrogens with zero attached hydrogens (tertiary/aromatic N) is 2. The monoisotopic (exact) mass is 507 g/mol. The lowest BCUT2D eigenvalue weighted by Gasteiger charge is -2.31. The Balaban J connectivity index is 1.65. The molecule has 1 atom stereocenters. The maximum absolute atomic E-state index is 14.0. The van der Waals surface area contributed by atoms with Crippen molar-refractivity contribution >= 4 is 23.4 Å². The Labute approximate surface area is 200 Å². The Morgan fingerprint density at radius 1 is 0.917 bits per heavy atom. The maximum Gasteiger partial charge on any atom is 0.455 e. The summed E-state index contributed by atoms with van der Waals surface area (Å²) in [6.07, 6.45) is -6.22. The predicted octanol–water partition coefficient (Wildman–Crippen LogP) is 3.77. The second-order valence-corrected chi connectivity index (χ2v) is 8.31. The van der Waals surface area contributed by atoms with Gasteiger partial charge in [-0.1, -0.05) is 42.5 Å². The molecule has 2 aliphatic heterocycles. The Bertz CT molecular complexity index is 1260. The van der Waals surface area contributed by atoms with E-state index in [2.05, 4.69) is 0 Å². The van der Waals surface area contributed by atoms with Crippen LogP contribution in [0.15, 0.2) is 65.9 Å².